The van der Waals surface area contributed by atoms with E-state index in [1.165, 1.54) is 5.69 Å². The van der Waals surface area contributed by atoms with Gasteiger partial charge in [-0.1, -0.05) is 27.7 Å². The van der Waals surface area contributed by atoms with Gasteiger partial charge in [-0.25, -0.2) is 0 Å². The van der Waals surface area contributed by atoms with Gasteiger partial charge in [0, 0.05) is 6.04 Å². The van der Waals surface area contributed by atoms with Crippen LogP contribution in [-0.4, -0.2) is 23.4 Å². The van der Waals surface area contributed by atoms with E-state index in [0.29, 0.717) is 17.9 Å². The molecule has 0 fully saturated rings. The first kappa shape index (κ1) is 16.0. The minimum atomic E-state index is 0.268. The summed E-state index contributed by atoms with van der Waals surface area (Å²) in [5, 5.41) is 8.08. The van der Waals surface area contributed by atoms with Crippen molar-refractivity contribution in [2.45, 2.75) is 53.6 Å². The summed E-state index contributed by atoms with van der Waals surface area (Å²) < 4.78 is 7.58. The minimum absolute atomic E-state index is 0.268. The second-order valence-corrected chi connectivity index (χ2v) is 5.77. The lowest BCUT2D eigenvalue weighted by Gasteiger charge is -2.29. The third kappa shape index (κ3) is 3.50. The number of ether oxygens (including phenoxy) is 1. The quantitative estimate of drug-likeness (QED) is 0.823. The van der Waals surface area contributed by atoms with Crippen molar-refractivity contribution in [3.8, 4) is 5.75 Å². The van der Waals surface area contributed by atoms with Gasteiger partial charge >= 0.3 is 0 Å². The van der Waals surface area contributed by atoms with E-state index >= 15 is 0 Å². The molecule has 1 N–H and O–H groups in total. The maximum Gasteiger partial charge on any atom is 0.161 e. The first-order valence-electron chi connectivity index (χ1n) is 7.28. The molecule has 0 spiro atoms. The van der Waals surface area contributed by atoms with Crippen LogP contribution in [0.15, 0.2) is 6.20 Å². The highest BCUT2D eigenvalue weighted by atomic mass is 16.5. The summed E-state index contributed by atoms with van der Waals surface area (Å²) in [4.78, 5) is 0. The number of aromatic nitrogens is 2. The van der Waals surface area contributed by atoms with E-state index in [9.17, 15) is 0 Å². The van der Waals surface area contributed by atoms with Gasteiger partial charge in [0.25, 0.3) is 0 Å². The number of rotatable bonds is 7. The van der Waals surface area contributed by atoms with Gasteiger partial charge in [-0.2, -0.15) is 5.10 Å². The molecule has 0 aliphatic heterocycles. The maximum atomic E-state index is 5.51. The van der Waals surface area contributed by atoms with Crippen molar-refractivity contribution >= 4 is 0 Å². The normalized spacial score (nSPS) is 15.0. The van der Waals surface area contributed by atoms with Crippen LogP contribution in [0.3, 0.4) is 0 Å². The average molecular weight is 267 g/mol. The molecule has 1 aromatic rings. The first-order chi connectivity index (χ1) is 8.93. The molecule has 0 saturated carbocycles. The Hall–Kier alpha value is -1.03. The van der Waals surface area contributed by atoms with Crippen molar-refractivity contribution < 1.29 is 4.74 Å². The summed E-state index contributed by atoms with van der Waals surface area (Å²) in [5.74, 6) is 2.00. The van der Waals surface area contributed by atoms with Crippen LogP contribution in [0, 0.1) is 11.8 Å². The maximum absolute atomic E-state index is 5.51. The van der Waals surface area contributed by atoms with Gasteiger partial charge in [0.2, 0.25) is 0 Å². The standard InChI is InChI=1S/C15H29N3O/c1-8-16-14(12(6)10(2)3)15-13(19-7)9-17-18(15)11(4)5/h9-12,14,16H,8H2,1-7H3. The number of nitrogens with one attached hydrogen (secondary N) is 1. The lowest BCUT2D eigenvalue weighted by Crippen LogP contribution is -2.32. The molecule has 0 saturated heterocycles. The molecule has 2 atom stereocenters. The summed E-state index contributed by atoms with van der Waals surface area (Å²) in [7, 11) is 1.72. The molecule has 0 aliphatic carbocycles. The fourth-order valence-electron chi connectivity index (χ4n) is 2.36. The zero-order chi connectivity index (χ0) is 14.6. The molecule has 1 heterocycles. The van der Waals surface area contributed by atoms with Crippen molar-refractivity contribution in [2.75, 3.05) is 13.7 Å². The number of methoxy groups -OCH3 is 1. The molecule has 19 heavy (non-hydrogen) atoms. The van der Waals surface area contributed by atoms with Crippen molar-refractivity contribution in [1.29, 1.82) is 0 Å². The van der Waals surface area contributed by atoms with Gasteiger partial charge in [-0.15, -0.1) is 0 Å². The zero-order valence-corrected chi connectivity index (χ0v) is 13.4. The van der Waals surface area contributed by atoms with Gasteiger partial charge < -0.3 is 10.1 Å². The van der Waals surface area contributed by atoms with E-state index in [1.807, 2.05) is 6.20 Å². The number of hydrogen-bond donors (Lipinski definition) is 1. The first-order valence-corrected chi connectivity index (χ1v) is 7.28. The van der Waals surface area contributed by atoms with Crippen LogP contribution >= 0.6 is 0 Å². The molecule has 0 radical (unpaired) electrons. The van der Waals surface area contributed by atoms with E-state index in [4.69, 9.17) is 4.74 Å². The van der Waals surface area contributed by atoms with E-state index in [-0.39, 0.29) is 6.04 Å². The SMILES string of the molecule is CCNC(c1c(OC)cnn1C(C)C)C(C)C(C)C. The van der Waals surface area contributed by atoms with Crippen LogP contribution in [0.1, 0.15) is 59.3 Å². The van der Waals surface area contributed by atoms with Crippen LogP contribution in [-0.2, 0) is 0 Å². The molecule has 0 amide bonds. The predicted molar refractivity (Wildman–Crippen MR) is 79.6 cm³/mol. The van der Waals surface area contributed by atoms with Crippen LogP contribution < -0.4 is 10.1 Å². The van der Waals surface area contributed by atoms with E-state index in [1.54, 1.807) is 7.11 Å². The lowest BCUT2D eigenvalue weighted by atomic mass is 9.88. The zero-order valence-electron chi connectivity index (χ0n) is 13.4. The molecule has 2 unspecified atom stereocenters. The second kappa shape index (κ2) is 6.94. The Balaban J connectivity index is 3.23. The molecule has 0 bridgehead atoms. The summed E-state index contributed by atoms with van der Waals surface area (Å²) in [6.07, 6.45) is 1.83. The lowest BCUT2D eigenvalue weighted by molar-refractivity contribution is 0.279. The Morgan fingerprint density at radius 2 is 1.89 bits per heavy atom. The molecule has 1 rings (SSSR count). The Bertz CT molecular complexity index is 385. The molecular weight excluding hydrogens is 238 g/mol. The van der Waals surface area contributed by atoms with Crippen LogP contribution in [0.25, 0.3) is 0 Å². The van der Waals surface area contributed by atoms with Crippen molar-refractivity contribution in [2.24, 2.45) is 11.8 Å². The van der Waals surface area contributed by atoms with Gasteiger partial charge in [0.15, 0.2) is 5.75 Å². The van der Waals surface area contributed by atoms with Crippen molar-refractivity contribution in [3.63, 3.8) is 0 Å². The highest BCUT2D eigenvalue weighted by Gasteiger charge is 2.28. The monoisotopic (exact) mass is 267 g/mol. The number of hydrogen-bond acceptors (Lipinski definition) is 3. The summed E-state index contributed by atoms with van der Waals surface area (Å²) in [6.45, 7) is 14.2. The fraction of sp³-hybridized carbons (Fsp3) is 0.800. The molecule has 0 aliphatic rings. The van der Waals surface area contributed by atoms with Crippen molar-refractivity contribution in [3.05, 3.63) is 11.9 Å². The van der Waals surface area contributed by atoms with E-state index < -0.39 is 0 Å². The molecule has 110 valence electrons. The van der Waals surface area contributed by atoms with Gasteiger partial charge in [-0.05, 0) is 32.2 Å². The summed E-state index contributed by atoms with van der Waals surface area (Å²) in [6, 6.07) is 0.601. The molecule has 4 heteroatoms. The second-order valence-electron chi connectivity index (χ2n) is 5.77. The van der Waals surface area contributed by atoms with Gasteiger partial charge in [0.05, 0.1) is 25.0 Å². The largest absolute Gasteiger partial charge is 0.493 e. The molecule has 4 nitrogen and oxygen atoms in total. The topological polar surface area (TPSA) is 39.1 Å². The van der Waals surface area contributed by atoms with Crippen LogP contribution in [0.2, 0.25) is 0 Å². The Kier molecular flexibility index (Phi) is 5.85. The van der Waals surface area contributed by atoms with Crippen molar-refractivity contribution in [1.82, 2.24) is 15.1 Å². The predicted octanol–water partition coefficient (Wildman–Crippen LogP) is 3.42. The molecule has 1 aromatic heterocycles. The van der Waals surface area contributed by atoms with E-state index in [2.05, 4.69) is 56.6 Å². The summed E-state index contributed by atoms with van der Waals surface area (Å²) in [5.41, 5.74) is 1.17. The van der Waals surface area contributed by atoms with E-state index in [0.717, 1.165) is 12.3 Å². The Morgan fingerprint density at radius 1 is 1.26 bits per heavy atom. The highest BCUT2D eigenvalue weighted by molar-refractivity contribution is 5.29. The average Bonchev–Trinajstić information content (AvgIpc) is 2.78. The smallest absolute Gasteiger partial charge is 0.161 e. The molecular formula is C15H29N3O. The van der Waals surface area contributed by atoms with Gasteiger partial charge in [-0.3, -0.25) is 4.68 Å². The fourth-order valence-corrected chi connectivity index (χ4v) is 2.36. The summed E-state index contributed by atoms with van der Waals surface area (Å²) >= 11 is 0. The van der Waals surface area contributed by atoms with Crippen LogP contribution in [0.4, 0.5) is 0 Å². The Labute approximate surface area is 117 Å². The third-order valence-corrected chi connectivity index (χ3v) is 3.80. The minimum Gasteiger partial charge on any atom is -0.493 e. The Morgan fingerprint density at radius 3 is 2.32 bits per heavy atom. The third-order valence-electron chi connectivity index (χ3n) is 3.80. The molecule has 0 aromatic carbocycles. The number of nitrogens with zero attached hydrogens (tertiary/aromatic N) is 2. The highest BCUT2D eigenvalue weighted by Crippen LogP contribution is 2.34. The van der Waals surface area contributed by atoms with Gasteiger partial charge in [0.1, 0.15) is 0 Å². The van der Waals surface area contributed by atoms with Crippen LogP contribution in [0.5, 0.6) is 5.75 Å².